The second-order valence-electron chi connectivity index (χ2n) is 2.59. The lowest BCUT2D eigenvalue weighted by molar-refractivity contribution is -0.0416. The van der Waals surface area contributed by atoms with Crippen molar-refractivity contribution in [3.05, 3.63) is 0 Å². The molecule has 0 aromatic carbocycles. The molecular formula is C7H15NO3. The van der Waals surface area contributed by atoms with Gasteiger partial charge in [-0.3, -0.25) is 0 Å². The Morgan fingerprint density at radius 1 is 1.64 bits per heavy atom. The van der Waals surface area contributed by atoms with Crippen LogP contribution in [0, 0.1) is 0 Å². The van der Waals surface area contributed by atoms with Gasteiger partial charge in [-0.2, -0.15) is 0 Å². The molecule has 4 heteroatoms. The molecule has 1 aliphatic rings. The highest BCUT2D eigenvalue weighted by atomic mass is 16.7. The molecule has 0 aromatic heterocycles. The zero-order chi connectivity index (χ0) is 8.10. The van der Waals surface area contributed by atoms with Gasteiger partial charge in [-0.15, -0.1) is 0 Å². The Balaban J connectivity index is 1.99. The van der Waals surface area contributed by atoms with Gasteiger partial charge in [0, 0.05) is 13.1 Å². The first kappa shape index (κ1) is 8.93. The lowest BCUT2D eigenvalue weighted by atomic mass is 10.4. The fourth-order valence-electron chi connectivity index (χ4n) is 1.04. The summed E-state index contributed by atoms with van der Waals surface area (Å²) < 4.78 is 10.5. The Bertz CT molecular complexity index is 110. The molecule has 2 N–H and O–H groups in total. The number of hydrogen-bond acceptors (Lipinski definition) is 4. The average Bonchev–Trinajstić information content (AvgIpc) is 2.37. The molecule has 1 rings (SSSR count). The van der Waals surface area contributed by atoms with Crippen LogP contribution < -0.4 is 5.32 Å². The van der Waals surface area contributed by atoms with Crippen molar-refractivity contribution in [2.24, 2.45) is 0 Å². The number of hydrogen-bond donors (Lipinski definition) is 2. The topological polar surface area (TPSA) is 50.7 Å². The molecule has 0 spiro atoms. The molecular weight excluding hydrogens is 146 g/mol. The lowest BCUT2D eigenvalue weighted by Gasteiger charge is -2.08. The number of aliphatic hydroxyl groups is 1. The summed E-state index contributed by atoms with van der Waals surface area (Å²) in [6.07, 6.45) is 0.0764. The van der Waals surface area contributed by atoms with Gasteiger partial charge in [0.2, 0.25) is 0 Å². The number of aliphatic hydroxyl groups excluding tert-OH is 1. The van der Waals surface area contributed by atoms with Crippen LogP contribution in [0.4, 0.5) is 0 Å². The van der Waals surface area contributed by atoms with E-state index >= 15 is 0 Å². The van der Waals surface area contributed by atoms with Gasteiger partial charge in [0.15, 0.2) is 6.29 Å². The molecule has 2 atom stereocenters. The summed E-state index contributed by atoms with van der Waals surface area (Å²) in [6.45, 7) is 4.08. The van der Waals surface area contributed by atoms with Gasteiger partial charge in [-0.1, -0.05) is 0 Å². The summed E-state index contributed by atoms with van der Waals surface area (Å²) in [5.41, 5.74) is 0. The maximum absolute atomic E-state index is 8.46. The molecule has 4 nitrogen and oxygen atoms in total. The second kappa shape index (κ2) is 4.66. The van der Waals surface area contributed by atoms with E-state index < -0.39 is 0 Å². The summed E-state index contributed by atoms with van der Waals surface area (Å²) >= 11 is 0. The first-order valence-electron chi connectivity index (χ1n) is 3.91. The third-order valence-corrected chi connectivity index (χ3v) is 1.56. The fraction of sp³-hybridized carbons (Fsp3) is 1.00. The second-order valence-corrected chi connectivity index (χ2v) is 2.59. The molecule has 1 heterocycles. The minimum Gasteiger partial charge on any atom is -0.395 e. The van der Waals surface area contributed by atoms with Crippen LogP contribution >= 0.6 is 0 Å². The highest BCUT2D eigenvalue weighted by Crippen LogP contribution is 2.08. The molecule has 0 radical (unpaired) electrons. The van der Waals surface area contributed by atoms with Gasteiger partial charge in [0.05, 0.1) is 19.3 Å². The van der Waals surface area contributed by atoms with Crippen LogP contribution in [0.15, 0.2) is 0 Å². The predicted molar refractivity (Wildman–Crippen MR) is 40.2 cm³/mol. The average molecular weight is 161 g/mol. The lowest BCUT2D eigenvalue weighted by Crippen LogP contribution is -2.30. The Hall–Kier alpha value is -0.160. The third kappa shape index (κ3) is 3.16. The minimum atomic E-state index is -0.0732. The van der Waals surface area contributed by atoms with Crippen LogP contribution in [-0.2, 0) is 9.47 Å². The highest BCUT2D eigenvalue weighted by molar-refractivity contribution is 4.65. The van der Waals surface area contributed by atoms with Gasteiger partial charge in [-0.05, 0) is 6.92 Å². The van der Waals surface area contributed by atoms with Crippen molar-refractivity contribution in [1.82, 2.24) is 5.32 Å². The summed E-state index contributed by atoms with van der Waals surface area (Å²) in [5.74, 6) is 0. The molecule has 0 saturated carbocycles. The first-order chi connectivity index (χ1) is 5.33. The summed E-state index contributed by atoms with van der Waals surface area (Å²) in [7, 11) is 0. The zero-order valence-corrected chi connectivity index (χ0v) is 6.75. The maximum atomic E-state index is 8.46. The third-order valence-electron chi connectivity index (χ3n) is 1.56. The molecule has 2 unspecified atom stereocenters. The van der Waals surface area contributed by atoms with Gasteiger partial charge in [0.1, 0.15) is 0 Å². The van der Waals surface area contributed by atoms with E-state index in [1.54, 1.807) is 0 Å². The van der Waals surface area contributed by atoms with E-state index in [4.69, 9.17) is 14.6 Å². The first-order valence-corrected chi connectivity index (χ1v) is 3.91. The zero-order valence-electron chi connectivity index (χ0n) is 6.75. The largest absolute Gasteiger partial charge is 0.395 e. The van der Waals surface area contributed by atoms with Crippen molar-refractivity contribution in [3.63, 3.8) is 0 Å². The van der Waals surface area contributed by atoms with E-state index in [9.17, 15) is 0 Å². The molecule has 0 aromatic rings. The van der Waals surface area contributed by atoms with Gasteiger partial charge in [-0.25, -0.2) is 0 Å². The summed E-state index contributed by atoms with van der Waals surface area (Å²) in [5, 5.41) is 11.5. The van der Waals surface area contributed by atoms with E-state index in [-0.39, 0.29) is 19.0 Å². The maximum Gasteiger partial charge on any atom is 0.155 e. The molecule has 11 heavy (non-hydrogen) atoms. The van der Waals surface area contributed by atoms with E-state index in [0.29, 0.717) is 13.2 Å². The number of rotatable bonds is 4. The fourth-order valence-corrected chi connectivity index (χ4v) is 1.04. The molecule has 0 aliphatic carbocycles. The summed E-state index contributed by atoms with van der Waals surface area (Å²) in [6, 6.07) is 0. The van der Waals surface area contributed by atoms with Crippen molar-refractivity contribution in [2.45, 2.75) is 19.3 Å². The van der Waals surface area contributed by atoms with E-state index in [1.165, 1.54) is 0 Å². The molecule has 0 bridgehead atoms. The van der Waals surface area contributed by atoms with E-state index in [2.05, 4.69) is 5.32 Å². The van der Waals surface area contributed by atoms with Crippen LogP contribution in [0.2, 0.25) is 0 Å². The quantitative estimate of drug-likeness (QED) is 0.537. The van der Waals surface area contributed by atoms with E-state index in [0.717, 1.165) is 6.54 Å². The minimum absolute atomic E-state index is 0.0732. The number of nitrogens with one attached hydrogen (secondary N) is 1. The van der Waals surface area contributed by atoms with Crippen molar-refractivity contribution < 1.29 is 14.6 Å². The van der Waals surface area contributed by atoms with Crippen LogP contribution in [0.5, 0.6) is 0 Å². The van der Waals surface area contributed by atoms with E-state index in [1.807, 2.05) is 6.92 Å². The van der Waals surface area contributed by atoms with Crippen LogP contribution in [0.3, 0.4) is 0 Å². The molecule has 1 saturated heterocycles. The van der Waals surface area contributed by atoms with Crippen LogP contribution in [0.25, 0.3) is 0 Å². The molecule has 1 fully saturated rings. The van der Waals surface area contributed by atoms with Crippen molar-refractivity contribution in [2.75, 3.05) is 26.3 Å². The predicted octanol–water partition coefficient (Wildman–Crippen LogP) is -0.670. The van der Waals surface area contributed by atoms with Gasteiger partial charge >= 0.3 is 0 Å². The van der Waals surface area contributed by atoms with Crippen molar-refractivity contribution in [3.8, 4) is 0 Å². The Morgan fingerprint density at radius 2 is 2.45 bits per heavy atom. The Labute approximate surface area is 66.5 Å². The Morgan fingerprint density at radius 3 is 3.00 bits per heavy atom. The SMILES string of the molecule is CC1OCC(CNCCO)O1. The van der Waals surface area contributed by atoms with Crippen molar-refractivity contribution >= 4 is 0 Å². The molecule has 66 valence electrons. The monoisotopic (exact) mass is 161 g/mol. The highest BCUT2D eigenvalue weighted by Gasteiger charge is 2.21. The standard InChI is InChI=1S/C7H15NO3/c1-6-10-5-7(11-6)4-8-2-3-9/h6-9H,2-5H2,1H3. The van der Waals surface area contributed by atoms with Crippen molar-refractivity contribution in [1.29, 1.82) is 0 Å². The molecule has 1 aliphatic heterocycles. The normalized spacial score (nSPS) is 31.1. The Kier molecular flexibility index (Phi) is 3.79. The van der Waals surface area contributed by atoms with Crippen LogP contribution in [-0.4, -0.2) is 43.8 Å². The number of ether oxygens (including phenoxy) is 2. The smallest absolute Gasteiger partial charge is 0.155 e. The molecule has 0 amide bonds. The van der Waals surface area contributed by atoms with Gasteiger partial charge in [0.25, 0.3) is 0 Å². The van der Waals surface area contributed by atoms with Gasteiger partial charge < -0.3 is 19.9 Å². The summed E-state index contributed by atoms with van der Waals surface area (Å²) in [4.78, 5) is 0. The van der Waals surface area contributed by atoms with Crippen LogP contribution in [0.1, 0.15) is 6.92 Å².